The number of likely N-dealkylation sites (N-methyl/N-ethyl adjacent to an activating group) is 1. The van der Waals surface area contributed by atoms with Crippen LogP contribution in [0.15, 0.2) is 42.6 Å². The van der Waals surface area contributed by atoms with Gasteiger partial charge in [-0.25, -0.2) is 9.37 Å². The van der Waals surface area contributed by atoms with Crippen LogP contribution in [0.4, 0.5) is 10.2 Å². The van der Waals surface area contributed by atoms with Crippen LogP contribution in [-0.2, 0) is 0 Å². The molecule has 2 heterocycles. The van der Waals surface area contributed by atoms with Gasteiger partial charge in [0.1, 0.15) is 5.82 Å². The number of anilines is 1. The number of amides is 1. The molecule has 3 rings (SSSR count). The fraction of sp³-hybridized carbons (Fsp3) is 0.368. The van der Waals surface area contributed by atoms with Gasteiger partial charge in [0.15, 0.2) is 11.6 Å². The molecular weight excluding hydrogens is 321 g/mol. The number of halogens is 1. The molecule has 5 nitrogen and oxygen atoms in total. The van der Waals surface area contributed by atoms with E-state index in [1.165, 1.54) is 19.2 Å². The summed E-state index contributed by atoms with van der Waals surface area (Å²) in [5.74, 6) is 0.344. The van der Waals surface area contributed by atoms with Crippen LogP contribution < -0.4 is 9.64 Å². The third-order valence-electron chi connectivity index (χ3n) is 4.64. The predicted octanol–water partition coefficient (Wildman–Crippen LogP) is 2.97. The lowest BCUT2D eigenvalue weighted by atomic mass is 10.0. The molecular formula is C19H22FN3O2. The number of ether oxygens (including phenoxy) is 1. The van der Waals surface area contributed by atoms with Crippen LogP contribution in [0, 0.1) is 5.82 Å². The van der Waals surface area contributed by atoms with Crippen molar-refractivity contribution >= 4 is 11.7 Å². The van der Waals surface area contributed by atoms with E-state index >= 15 is 0 Å². The van der Waals surface area contributed by atoms with Gasteiger partial charge in [-0.05, 0) is 43.2 Å². The molecule has 0 spiro atoms. The average Bonchev–Trinajstić information content (AvgIpc) is 2.67. The Labute approximate surface area is 147 Å². The molecule has 1 aliphatic heterocycles. The van der Waals surface area contributed by atoms with Gasteiger partial charge in [-0.15, -0.1) is 0 Å². The number of carbonyl (C=O) groups excluding carboxylic acids is 1. The van der Waals surface area contributed by atoms with E-state index in [2.05, 4.69) is 9.88 Å². The summed E-state index contributed by atoms with van der Waals surface area (Å²) in [4.78, 5) is 21.0. The summed E-state index contributed by atoms with van der Waals surface area (Å²) in [6, 6.07) is 10.2. The molecule has 25 heavy (non-hydrogen) atoms. The van der Waals surface area contributed by atoms with Crippen molar-refractivity contribution in [3.8, 4) is 5.75 Å². The molecule has 2 aromatic rings. The molecule has 0 bridgehead atoms. The maximum Gasteiger partial charge on any atom is 0.254 e. The number of pyridine rings is 1. The third-order valence-corrected chi connectivity index (χ3v) is 4.64. The second-order valence-electron chi connectivity index (χ2n) is 6.20. The van der Waals surface area contributed by atoms with Crippen molar-refractivity contribution in [2.24, 2.45) is 0 Å². The summed E-state index contributed by atoms with van der Waals surface area (Å²) in [6.45, 7) is 1.64. The molecule has 1 aliphatic rings. The molecule has 0 N–H and O–H groups in total. The summed E-state index contributed by atoms with van der Waals surface area (Å²) in [6.07, 6.45) is 3.67. The molecule has 132 valence electrons. The van der Waals surface area contributed by atoms with E-state index in [9.17, 15) is 9.18 Å². The number of hydrogen-bond acceptors (Lipinski definition) is 4. The number of rotatable bonds is 4. The summed E-state index contributed by atoms with van der Waals surface area (Å²) >= 11 is 0. The van der Waals surface area contributed by atoms with E-state index in [0.29, 0.717) is 5.56 Å². The summed E-state index contributed by atoms with van der Waals surface area (Å²) in [5, 5.41) is 0. The van der Waals surface area contributed by atoms with Gasteiger partial charge in [0, 0.05) is 37.9 Å². The van der Waals surface area contributed by atoms with Crippen molar-refractivity contribution in [1.29, 1.82) is 0 Å². The minimum absolute atomic E-state index is 0.0634. The Morgan fingerprint density at radius 2 is 2.20 bits per heavy atom. The zero-order valence-electron chi connectivity index (χ0n) is 14.5. The summed E-state index contributed by atoms with van der Waals surface area (Å²) in [5.41, 5.74) is 0.329. The van der Waals surface area contributed by atoms with E-state index in [0.717, 1.165) is 31.7 Å². The number of nitrogens with zero attached hydrogens (tertiary/aromatic N) is 3. The van der Waals surface area contributed by atoms with Crippen LogP contribution in [0.25, 0.3) is 0 Å². The molecule has 0 unspecified atom stereocenters. The van der Waals surface area contributed by atoms with E-state index < -0.39 is 5.82 Å². The van der Waals surface area contributed by atoms with Crippen LogP contribution >= 0.6 is 0 Å². The topological polar surface area (TPSA) is 45.7 Å². The highest BCUT2D eigenvalue weighted by molar-refractivity contribution is 5.94. The van der Waals surface area contributed by atoms with Gasteiger partial charge in [0.05, 0.1) is 7.11 Å². The molecule has 1 aromatic heterocycles. The summed E-state index contributed by atoms with van der Waals surface area (Å²) in [7, 11) is 3.18. The third kappa shape index (κ3) is 3.73. The van der Waals surface area contributed by atoms with Gasteiger partial charge in [0.2, 0.25) is 0 Å². The van der Waals surface area contributed by atoms with Gasteiger partial charge in [-0.1, -0.05) is 6.07 Å². The standard InChI is InChI=1S/C19H22FN3O2/c1-22(19(24)14-8-9-17(25-2)16(20)12-14)15-6-5-11-23(13-15)18-7-3-4-10-21-18/h3-4,7-10,12,15H,5-6,11,13H2,1-2H3/t15-/m1/s1. The molecule has 1 fully saturated rings. The van der Waals surface area contributed by atoms with Gasteiger partial charge < -0.3 is 14.5 Å². The quantitative estimate of drug-likeness (QED) is 0.856. The second-order valence-corrected chi connectivity index (χ2v) is 6.20. The van der Waals surface area contributed by atoms with Crippen molar-refractivity contribution in [2.75, 3.05) is 32.1 Å². The highest BCUT2D eigenvalue weighted by Crippen LogP contribution is 2.23. The van der Waals surface area contributed by atoms with Crippen molar-refractivity contribution in [2.45, 2.75) is 18.9 Å². The number of carbonyl (C=O) groups is 1. The molecule has 0 aliphatic carbocycles. The van der Waals surface area contributed by atoms with Crippen molar-refractivity contribution in [3.63, 3.8) is 0 Å². The van der Waals surface area contributed by atoms with Crippen LogP contribution in [0.1, 0.15) is 23.2 Å². The van der Waals surface area contributed by atoms with Gasteiger partial charge in [-0.2, -0.15) is 0 Å². The highest BCUT2D eigenvalue weighted by atomic mass is 19.1. The Morgan fingerprint density at radius 1 is 1.36 bits per heavy atom. The molecule has 1 atom stereocenters. The fourth-order valence-electron chi connectivity index (χ4n) is 3.19. The SMILES string of the molecule is COc1ccc(C(=O)N(C)[C@@H]2CCCN(c3ccccn3)C2)cc1F. The van der Waals surface area contributed by atoms with Crippen LogP contribution in [0.5, 0.6) is 5.75 Å². The Bertz CT molecular complexity index is 739. The zero-order valence-corrected chi connectivity index (χ0v) is 14.5. The molecule has 1 aromatic carbocycles. The van der Waals surface area contributed by atoms with Crippen molar-refractivity contribution in [3.05, 3.63) is 54.0 Å². The lowest BCUT2D eigenvalue weighted by molar-refractivity contribution is 0.0716. The Morgan fingerprint density at radius 3 is 2.88 bits per heavy atom. The number of aromatic nitrogens is 1. The van der Waals surface area contributed by atoms with Gasteiger partial charge >= 0.3 is 0 Å². The van der Waals surface area contributed by atoms with Crippen LogP contribution in [0.2, 0.25) is 0 Å². The molecule has 0 radical (unpaired) electrons. The smallest absolute Gasteiger partial charge is 0.254 e. The monoisotopic (exact) mass is 343 g/mol. The first-order chi connectivity index (χ1) is 12.1. The van der Waals surface area contributed by atoms with E-state index in [-0.39, 0.29) is 17.7 Å². The molecule has 1 saturated heterocycles. The molecule has 0 saturated carbocycles. The average molecular weight is 343 g/mol. The number of benzene rings is 1. The minimum atomic E-state index is -0.527. The van der Waals surface area contributed by atoms with Crippen molar-refractivity contribution in [1.82, 2.24) is 9.88 Å². The first-order valence-electron chi connectivity index (χ1n) is 8.37. The Balaban J connectivity index is 1.72. The molecule has 6 heteroatoms. The Kier molecular flexibility index (Phi) is 5.16. The minimum Gasteiger partial charge on any atom is -0.494 e. The fourth-order valence-corrected chi connectivity index (χ4v) is 3.19. The number of hydrogen-bond donors (Lipinski definition) is 0. The van der Waals surface area contributed by atoms with E-state index in [4.69, 9.17) is 4.74 Å². The lowest BCUT2D eigenvalue weighted by Gasteiger charge is -2.38. The second kappa shape index (κ2) is 7.51. The van der Waals surface area contributed by atoms with Crippen LogP contribution in [0.3, 0.4) is 0 Å². The maximum absolute atomic E-state index is 13.9. The predicted molar refractivity (Wildman–Crippen MR) is 94.5 cm³/mol. The Hall–Kier alpha value is -2.63. The summed E-state index contributed by atoms with van der Waals surface area (Å²) < 4.78 is 18.8. The van der Waals surface area contributed by atoms with Crippen molar-refractivity contribution < 1.29 is 13.9 Å². The van der Waals surface area contributed by atoms with E-state index in [1.54, 1.807) is 24.2 Å². The first kappa shape index (κ1) is 17.2. The largest absolute Gasteiger partial charge is 0.494 e. The van der Waals surface area contributed by atoms with Gasteiger partial charge in [-0.3, -0.25) is 4.79 Å². The number of methoxy groups -OCH3 is 1. The van der Waals surface area contributed by atoms with Crippen LogP contribution in [-0.4, -0.2) is 49.1 Å². The van der Waals surface area contributed by atoms with Gasteiger partial charge in [0.25, 0.3) is 5.91 Å². The first-order valence-corrected chi connectivity index (χ1v) is 8.37. The number of piperidine rings is 1. The lowest BCUT2D eigenvalue weighted by Crippen LogP contribution is -2.48. The maximum atomic E-state index is 13.9. The molecule has 1 amide bonds. The van der Waals surface area contributed by atoms with E-state index in [1.807, 2.05) is 18.2 Å². The highest BCUT2D eigenvalue weighted by Gasteiger charge is 2.27. The normalized spacial score (nSPS) is 17.2. The zero-order chi connectivity index (χ0) is 17.8.